The summed E-state index contributed by atoms with van der Waals surface area (Å²) in [7, 11) is 0. The van der Waals surface area contributed by atoms with Crippen LogP contribution in [0.5, 0.6) is 0 Å². The Kier molecular flexibility index (Phi) is 3.39. The molecule has 1 heterocycles. The number of rotatable bonds is 2. The van der Waals surface area contributed by atoms with E-state index >= 15 is 0 Å². The first-order valence-corrected chi connectivity index (χ1v) is 8.78. The molecule has 4 aromatic rings. The third-order valence-corrected chi connectivity index (χ3v) is 4.84. The molecule has 0 radical (unpaired) electrons. The van der Waals surface area contributed by atoms with Gasteiger partial charge in [0, 0.05) is 11.1 Å². The Labute approximate surface area is 152 Å². The summed E-state index contributed by atoms with van der Waals surface area (Å²) in [5.41, 5.74) is 7.33. The quantitative estimate of drug-likeness (QED) is 0.451. The van der Waals surface area contributed by atoms with Crippen molar-refractivity contribution in [2.45, 2.75) is 13.3 Å². The number of aromatic nitrogens is 3. The number of hydrogen-bond donors (Lipinski definition) is 0. The van der Waals surface area contributed by atoms with E-state index in [-0.39, 0.29) is 0 Å². The fourth-order valence-electron chi connectivity index (χ4n) is 3.69. The van der Waals surface area contributed by atoms with Crippen molar-refractivity contribution in [1.29, 1.82) is 0 Å². The Bertz CT molecular complexity index is 1120. The van der Waals surface area contributed by atoms with Crippen LogP contribution in [0.1, 0.15) is 17.0 Å². The molecule has 3 aromatic carbocycles. The van der Waals surface area contributed by atoms with Crippen molar-refractivity contribution in [3.8, 4) is 33.9 Å². The lowest BCUT2D eigenvalue weighted by atomic mass is 9.99. The molecule has 0 amide bonds. The average molecular weight is 335 g/mol. The fraction of sp³-hybridized carbons (Fsp3) is 0.0870. The monoisotopic (exact) mass is 335 g/mol. The van der Waals surface area contributed by atoms with Gasteiger partial charge in [-0.2, -0.15) is 0 Å². The third kappa shape index (κ3) is 2.40. The van der Waals surface area contributed by atoms with Crippen molar-refractivity contribution in [3.63, 3.8) is 0 Å². The van der Waals surface area contributed by atoms with E-state index in [1.165, 1.54) is 22.3 Å². The summed E-state index contributed by atoms with van der Waals surface area (Å²) in [5.74, 6) is 2.19. The smallest absolute Gasteiger partial charge is 0.164 e. The van der Waals surface area contributed by atoms with Crippen LogP contribution in [-0.4, -0.2) is 15.0 Å². The number of aryl methyl sites for hydroxylation is 1. The molecule has 26 heavy (non-hydrogen) atoms. The summed E-state index contributed by atoms with van der Waals surface area (Å²) in [6.45, 7) is 1.93. The van der Waals surface area contributed by atoms with Crippen molar-refractivity contribution in [3.05, 3.63) is 89.7 Å². The predicted molar refractivity (Wildman–Crippen MR) is 104 cm³/mol. The lowest BCUT2D eigenvalue weighted by molar-refractivity contribution is 0.992. The summed E-state index contributed by atoms with van der Waals surface area (Å²) in [4.78, 5) is 14.0. The first-order valence-electron chi connectivity index (χ1n) is 8.78. The molecule has 0 saturated heterocycles. The maximum absolute atomic E-state index is 4.80. The largest absolute Gasteiger partial charge is 0.213 e. The van der Waals surface area contributed by atoms with E-state index in [2.05, 4.69) is 52.4 Å². The third-order valence-electron chi connectivity index (χ3n) is 4.84. The predicted octanol–water partition coefficient (Wildman–Crippen LogP) is 5.09. The Balaban J connectivity index is 1.72. The minimum atomic E-state index is 0.719. The molecule has 0 fully saturated rings. The van der Waals surface area contributed by atoms with Crippen molar-refractivity contribution in [2.75, 3.05) is 0 Å². The van der Waals surface area contributed by atoms with Crippen molar-refractivity contribution < 1.29 is 0 Å². The molecule has 0 saturated carbocycles. The molecule has 0 aliphatic heterocycles. The Morgan fingerprint density at radius 1 is 0.615 bits per heavy atom. The molecule has 5 rings (SSSR count). The lowest BCUT2D eigenvalue weighted by Gasteiger charge is -2.10. The molecule has 0 atom stereocenters. The standard InChI is InChI=1S/C23H17N3/c1-15-24-22(16-8-3-2-4-9-16)26-23(25-15)20-13-7-11-18-14-17-10-5-6-12-19(17)21(18)20/h2-13H,14H2,1H3. The van der Waals surface area contributed by atoms with Crippen LogP contribution in [0, 0.1) is 6.92 Å². The molecule has 1 aromatic heterocycles. The minimum absolute atomic E-state index is 0.719. The lowest BCUT2D eigenvalue weighted by Crippen LogP contribution is -2.00. The van der Waals surface area contributed by atoms with E-state index in [1.54, 1.807) is 0 Å². The van der Waals surface area contributed by atoms with Crippen molar-refractivity contribution in [2.24, 2.45) is 0 Å². The van der Waals surface area contributed by atoms with Crippen molar-refractivity contribution in [1.82, 2.24) is 15.0 Å². The van der Waals surface area contributed by atoms with E-state index in [1.807, 2.05) is 37.3 Å². The highest BCUT2D eigenvalue weighted by Crippen LogP contribution is 2.42. The zero-order chi connectivity index (χ0) is 17.5. The second kappa shape index (κ2) is 5.88. The van der Waals surface area contributed by atoms with E-state index < -0.39 is 0 Å². The van der Waals surface area contributed by atoms with Crippen LogP contribution in [0.25, 0.3) is 33.9 Å². The van der Waals surface area contributed by atoms with Crippen LogP contribution in [0.2, 0.25) is 0 Å². The van der Waals surface area contributed by atoms with Crippen LogP contribution < -0.4 is 0 Å². The van der Waals surface area contributed by atoms with Gasteiger partial charge in [0.05, 0.1) is 0 Å². The molecule has 1 aliphatic carbocycles. The number of benzene rings is 3. The van der Waals surface area contributed by atoms with Crippen LogP contribution in [-0.2, 0) is 6.42 Å². The van der Waals surface area contributed by atoms with Crippen LogP contribution in [0.4, 0.5) is 0 Å². The van der Waals surface area contributed by atoms with Gasteiger partial charge in [-0.1, -0.05) is 72.8 Å². The topological polar surface area (TPSA) is 38.7 Å². The minimum Gasteiger partial charge on any atom is -0.213 e. The molecule has 3 nitrogen and oxygen atoms in total. The molecule has 0 spiro atoms. The SMILES string of the molecule is Cc1nc(-c2ccccc2)nc(-c2cccc3c2-c2ccccc2C3)n1. The Morgan fingerprint density at radius 3 is 2.19 bits per heavy atom. The first kappa shape index (κ1) is 15.0. The van der Waals surface area contributed by atoms with Crippen LogP contribution >= 0.6 is 0 Å². The highest BCUT2D eigenvalue weighted by Gasteiger charge is 2.23. The first-order chi connectivity index (χ1) is 12.8. The second-order valence-corrected chi connectivity index (χ2v) is 6.57. The molecular formula is C23H17N3. The van der Waals surface area contributed by atoms with Crippen LogP contribution in [0.3, 0.4) is 0 Å². The van der Waals surface area contributed by atoms with Crippen LogP contribution in [0.15, 0.2) is 72.8 Å². The van der Waals surface area contributed by atoms with E-state index in [4.69, 9.17) is 4.98 Å². The number of fused-ring (bicyclic) bond motifs is 3. The molecule has 3 heteroatoms. The summed E-state index contributed by atoms with van der Waals surface area (Å²) in [6.07, 6.45) is 0.967. The van der Waals surface area contributed by atoms with Gasteiger partial charge in [-0.05, 0) is 35.6 Å². The normalized spacial score (nSPS) is 11.9. The zero-order valence-corrected chi connectivity index (χ0v) is 14.5. The van der Waals surface area contributed by atoms with Gasteiger partial charge in [-0.25, -0.2) is 15.0 Å². The molecule has 0 unspecified atom stereocenters. The van der Waals surface area contributed by atoms with Gasteiger partial charge in [0.25, 0.3) is 0 Å². The maximum atomic E-state index is 4.80. The average Bonchev–Trinajstić information content (AvgIpc) is 3.07. The van der Waals surface area contributed by atoms with E-state index in [0.29, 0.717) is 0 Å². The number of hydrogen-bond acceptors (Lipinski definition) is 3. The van der Waals surface area contributed by atoms with Gasteiger partial charge in [-0.3, -0.25) is 0 Å². The second-order valence-electron chi connectivity index (χ2n) is 6.57. The molecule has 1 aliphatic rings. The van der Waals surface area contributed by atoms with Gasteiger partial charge >= 0.3 is 0 Å². The van der Waals surface area contributed by atoms with Gasteiger partial charge in [0.1, 0.15) is 5.82 Å². The zero-order valence-electron chi connectivity index (χ0n) is 14.5. The summed E-state index contributed by atoms with van der Waals surface area (Å²) < 4.78 is 0. The fourth-order valence-corrected chi connectivity index (χ4v) is 3.69. The summed E-state index contributed by atoms with van der Waals surface area (Å²) >= 11 is 0. The molecular weight excluding hydrogens is 318 g/mol. The summed E-state index contributed by atoms with van der Waals surface area (Å²) in [6, 6.07) is 25.1. The van der Waals surface area contributed by atoms with Gasteiger partial charge in [-0.15, -0.1) is 0 Å². The van der Waals surface area contributed by atoms with E-state index in [9.17, 15) is 0 Å². The molecule has 124 valence electrons. The molecule has 0 bridgehead atoms. The Hall–Kier alpha value is -3.33. The maximum Gasteiger partial charge on any atom is 0.164 e. The Morgan fingerprint density at radius 2 is 1.31 bits per heavy atom. The highest BCUT2D eigenvalue weighted by atomic mass is 15.0. The summed E-state index contributed by atoms with van der Waals surface area (Å²) in [5, 5.41) is 0. The van der Waals surface area contributed by atoms with E-state index in [0.717, 1.165) is 35.0 Å². The van der Waals surface area contributed by atoms with Gasteiger partial charge < -0.3 is 0 Å². The van der Waals surface area contributed by atoms with Crippen molar-refractivity contribution >= 4 is 0 Å². The molecule has 0 N–H and O–H groups in total. The van der Waals surface area contributed by atoms with Gasteiger partial charge in [0.2, 0.25) is 0 Å². The number of nitrogens with zero attached hydrogens (tertiary/aromatic N) is 3. The highest BCUT2D eigenvalue weighted by molar-refractivity contribution is 5.88. The van der Waals surface area contributed by atoms with Gasteiger partial charge in [0.15, 0.2) is 11.6 Å².